The van der Waals surface area contributed by atoms with Crippen LogP contribution < -0.4 is 0 Å². The van der Waals surface area contributed by atoms with Crippen LogP contribution >= 0.6 is 0 Å². The lowest BCUT2D eigenvalue weighted by Gasteiger charge is -2.23. The van der Waals surface area contributed by atoms with Crippen LogP contribution in [0.15, 0.2) is 0 Å². The number of hydrogen-bond donors (Lipinski definition) is 0. The van der Waals surface area contributed by atoms with E-state index in [9.17, 15) is 18.0 Å². The van der Waals surface area contributed by atoms with Crippen LogP contribution in [-0.4, -0.2) is 12.0 Å². The molecule has 0 atom stereocenters. The first-order chi connectivity index (χ1) is 7.19. The van der Waals surface area contributed by atoms with E-state index in [0.717, 1.165) is 19.3 Å². The fourth-order valence-corrected chi connectivity index (χ4v) is 1.55. The summed E-state index contributed by atoms with van der Waals surface area (Å²) in [7, 11) is 0. The SMILES string of the molecule is CCCCCC(C)(C)C(=O)CCC(F)(F)F. The molecule has 0 aromatic carbocycles. The van der Waals surface area contributed by atoms with Crippen LogP contribution in [0, 0.1) is 5.41 Å². The van der Waals surface area contributed by atoms with Gasteiger partial charge in [0.05, 0.1) is 6.42 Å². The summed E-state index contributed by atoms with van der Waals surface area (Å²) in [6.45, 7) is 5.53. The van der Waals surface area contributed by atoms with Gasteiger partial charge in [0.1, 0.15) is 5.78 Å². The van der Waals surface area contributed by atoms with E-state index < -0.39 is 18.0 Å². The van der Waals surface area contributed by atoms with Crippen molar-refractivity contribution in [3.8, 4) is 0 Å². The van der Waals surface area contributed by atoms with Gasteiger partial charge in [-0.3, -0.25) is 4.79 Å². The van der Waals surface area contributed by atoms with Crippen molar-refractivity contribution in [1.29, 1.82) is 0 Å². The highest BCUT2D eigenvalue weighted by Gasteiger charge is 2.32. The van der Waals surface area contributed by atoms with Gasteiger partial charge in [0.25, 0.3) is 0 Å². The highest BCUT2D eigenvalue weighted by molar-refractivity contribution is 5.84. The Hall–Kier alpha value is -0.540. The minimum atomic E-state index is -4.23. The number of halogens is 3. The molecule has 0 bridgehead atoms. The summed E-state index contributed by atoms with van der Waals surface area (Å²) in [5.41, 5.74) is -0.611. The van der Waals surface area contributed by atoms with Gasteiger partial charge in [0.2, 0.25) is 0 Å². The third-order valence-corrected chi connectivity index (χ3v) is 2.80. The molecule has 0 aromatic heterocycles. The molecule has 0 radical (unpaired) electrons. The van der Waals surface area contributed by atoms with Crippen molar-refractivity contribution < 1.29 is 18.0 Å². The van der Waals surface area contributed by atoms with E-state index in [1.165, 1.54) is 0 Å². The molecule has 4 heteroatoms. The molecule has 96 valence electrons. The van der Waals surface area contributed by atoms with Gasteiger partial charge in [-0.2, -0.15) is 13.2 Å². The molecule has 0 rings (SSSR count). The zero-order chi connectivity index (χ0) is 12.8. The average Bonchev–Trinajstić information content (AvgIpc) is 2.13. The first-order valence-corrected chi connectivity index (χ1v) is 5.79. The Morgan fingerprint density at radius 1 is 1.06 bits per heavy atom. The predicted octanol–water partition coefficient (Wildman–Crippen LogP) is 4.50. The Balaban J connectivity index is 4.04. The van der Waals surface area contributed by atoms with Crippen LogP contribution in [0.2, 0.25) is 0 Å². The predicted molar refractivity (Wildman–Crippen MR) is 58.2 cm³/mol. The summed E-state index contributed by atoms with van der Waals surface area (Å²) in [5.74, 6) is -0.277. The first kappa shape index (κ1) is 15.5. The van der Waals surface area contributed by atoms with Crippen LogP contribution in [-0.2, 0) is 4.79 Å². The summed E-state index contributed by atoms with van der Waals surface area (Å²) in [6.07, 6.45) is -1.96. The number of ketones is 1. The van der Waals surface area contributed by atoms with Gasteiger partial charge in [-0.1, -0.05) is 40.0 Å². The Kier molecular flexibility index (Phi) is 6.05. The molecular formula is C12H21F3O. The lowest BCUT2D eigenvalue weighted by Crippen LogP contribution is -2.25. The molecule has 0 aliphatic carbocycles. The van der Waals surface area contributed by atoms with Crippen molar-refractivity contribution >= 4 is 5.78 Å². The molecule has 0 heterocycles. The van der Waals surface area contributed by atoms with Crippen LogP contribution in [0.4, 0.5) is 13.2 Å². The largest absolute Gasteiger partial charge is 0.389 e. The van der Waals surface area contributed by atoms with E-state index in [-0.39, 0.29) is 12.2 Å². The van der Waals surface area contributed by atoms with Crippen molar-refractivity contribution in [2.75, 3.05) is 0 Å². The fourth-order valence-electron chi connectivity index (χ4n) is 1.55. The second kappa shape index (κ2) is 6.26. The van der Waals surface area contributed by atoms with Gasteiger partial charge >= 0.3 is 6.18 Å². The monoisotopic (exact) mass is 238 g/mol. The van der Waals surface area contributed by atoms with Gasteiger partial charge in [0.15, 0.2) is 0 Å². The number of unbranched alkanes of at least 4 members (excludes halogenated alkanes) is 2. The number of alkyl halides is 3. The number of carbonyl (C=O) groups excluding carboxylic acids is 1. The fraction of sp³-hybridized carbons (Fsp3) is 0.917. The van der Waals surface area contributed by atoms with E-state index in [1.807, 2.05) is 0 Å². The van der Waals surface area contributed by atoms with E-state index in [0.29, 0.717) is 6.42 Å². The molecule has 0 amide bonds. The Morgan fingerprint density at radius 3 is 2.06 bits per heavy atom. The number of rotatable bonds is 7. The van der Waals surface area contributed by atoms with Gasteiger partial charge in [-0.15, -0.1) is 0 Å². The second-order valence-electron chi connectivity index (χ2n) is 4.88. The molecule has 0 saturated carbocycles. The molecule has 0 aliphatic rings. The van der Waals surface area contributed by atoms with Crippen LogP contribution in [0.1, 0.15) is 59.3 Å². The van der Waals surface area contributed by atoms with Gasteiger partial charge < -0.3 is 0 Å². The average molecular weight is 238 g/mol. The Morgan fingerprint density at radius 2 is 1.62 bits per heavy atom. The minimum absolute atomic E-state index is 0.277. The van der Waals surface area contributed by atoms with Crippen molar-refractivity contribution in [2.24, 2.45) is 5.41 Å². The highest BCUT2D eigenvalue weighted by atomic mass is 19.4. The van der Waals surface area contributed by atoms with E-state index in [2.05, 4.69) is 6.92 Å². The standard InChI is InChI=1S/C12H21F3O/c1-4-5-6-8-11(2,3)10(16)7-9-12(13,14)15/h4-9H2,1-3H3. The zero-order valence-corrected chi connectivity index (χ0v) is 10.3. The lowest BCUT2D eigenvalue weighted by molar-refractivity contribution is -0.147. The van der Waals surface area contributed by atoms with Crippen molar-refractivity contribution in [3.05, 3.63) is 0 Å². The van der Waals surface area contributed by atoms with Crippen molar-refractivity contribution in [3.63, 3.8) is 0 Å². The molecule has 0 fully saturated rings. The molecule has 0 N–H and O–H groups in total. The number of hydrogen-bond acceptors (Lipinski definition) is 1. The van der Waals surface area contributed by atoms with E-state index >= 15 is 0 Å². The summed E-state index contributed by atoms with van der Waals surface area (Å²) in [6, 6.07) is 0. The summed E-state index contributed by atoms with van der Waals surface area (Å²) < 4.78 is 35.9. The second-order valence-corrected chi connectivity index (χ2v) is 4.88. The smallest absolute Gasteiger partial charge is 0.299 e. The van der Waals surface area contributed by atoms with Gasteiger partial charge in [0, 0.05) is 11.8 Å². The third kappa shape index (κ3) is 6.85. The minimum Gasteiger partial charge on any atom is -0.299 e. The molecule has 16 heavy (non-hydrogen) atoms. The normalized spacial score (nSPS) is 12.9. The quantitative estimate of drug-likeness (QED) is 0.596. The highest BCUT2D eigenvalue weighted by Crippen LogP contribution is 2.30. The molecule has 0 unspecified atom stereocenters. The summed E-state index contributed by atoms with van der Waals surface area (Å²) in [4.78, 5) is 11.6. The van der Waals surface area contributed by atoms with Crippen molar-refractivity contribution in [2.45, 2.75) is 65.5 Å². The lowest BCUT2D eigenvalue weighted by atomic mass is 9.81. The number of carbonyl (C=O) groups is 1. The Labute approximate surface area is 95.4 Å². The Bertz CT molecular complexity index is 219. The van der Waals surface area contributed by atoms with Crippen LogP contribution in [0.5, 0.6) is 0 Å². The van der Waals surface area contributed by atoms with Crippen molar-refractivity contribution in [1.82, 2.24) is 0 Å². The van der Waals surface area contributed by atoms with E-state index in [1.54, 1.807) is 13.8 Å². The number of Topliss-reactive ketones (excluding diaryl/α,β-unsaturated/α-hetero) is 1. The topological polar surface area (TPSA) is 17.1 Å². The maximum Gasteiger partial charge on any atom is 0.389 e. The summed E-state index contributed by atoms with van der Waals surface area (Å²) >= 11 is 0. The van der Waals surface area contributed by atoms with Crippen LogP contribution in [0.3, 0.4) is 0 Å². The van der Waals surface area contributed by atoms with Gasteiger partial charge in [-0.05, 0) is 6.42 Å². The van der Waals surface area contributed by atoms with Crippen LogP contribution in [0.25, 0.3) is 0 Å². The molecule has 0 aliphatic heterocycles. The summed E-state index contributed by atoms with van der Waals surface area (Å²) in [5, 5.41) is 0. The zero-order valence-electron chi connectivity index (χ0n) is 10.3. The maximum atomic E-state index is 12.0. The van der Waals surface area contributed by atoms with E-state index in [4.69, 9.17) is 0 Å². The molecular weight excluding hydrogens is 217 g/mol. The first-order valence-electron chi connectivity index (χ1n) is 5.79. The molecule has 0 saturated heterocycles. The molecule has 0 spiro atoms. The van der Waals surface area contributed by atoms with Gasteiger partial charge in [-0.25, -0.2) is 0 Å². The third-order valence-electron chi connectivity index (χ3n) is 2.80. The molecule has 1 nitrogen and oxygen atoms in total. The maximum absolute atomic E-state index is 12.0. The molecule has 0 aromatic rings.